The Bertz CT molecular complexity index is 1110. The van der Waals surface area contributed by atoms with Crippen LogP contribution in [0.4, 0.5) is 10.1 Å². The van der Waals surface area contributed by atoms with Gasteiger partial charge in [-0.15, -0.1) is 0 Å². The van der Waals surface area contributed by atoms with Crippen LogP contribution >= 0.6 is 11.6 Å². The zero-order chi connectivity index (χ0) is 18.5. The number of halogens is 2. The van der Waals surface area contributed by atoms with Crippen molar-refractivity contribution in [1.82, 2.24) is 0 Å². The van der Waals surface area contributed by atoms with E-state index < -0.39 is 11.9 Å². The molecule has 2 aliphatic rings. The van der Waals surface area contributed by atoms with Crippen LogP contribution in [-0.4, -0.2) is 5.78 Å². The number of allylic oxidation sites excluding steroid dienone is 1. The molecule has 0 aromatic heterocycles. The minimum Gasteiger partial charge on any atom is -0.373 e. The predicted octanol–water partition coefficient (Wildman–Crippen LogP) is 6.31. The van der Waals surface area contributed by atoms with Crippen LogP contribution in [0, 0.1) is 5.82 Å². The molecular formula is C23H17ClFNO. The number of nitrogens with one attached hydrogen (secondary N) is 1. The minimum atomic E-state index is -0.560. The second-order valence-electron chi connectivity index (χ2n) is 7.09. The minimum absolute atomic E-state index is 0.0756. The molecule has 27 heavy (non-hydrogen) atoms. The van der Waals surface area contributed by atoms with E-state index in [0.29, 0.717) is 22.6 Å². The Balaban J connectivity index is 1.82. The lowest BCUT2D eigenvalue weighted by atomic mass is 9.76. The van der Waals surface area contributed by atoms with Gasteiger partial charge in [0.2, 0.25) is 0 Å². The first-order chi connectivity index (χ1) is 13.1. The Morgan fingerprint density at radius 1 is 1.00 bits per heavy atom. The van der Waals surface area contributed by atoms with E-state index in [1.165, 1.54) is 6.07 Å². The van der Waals surface area contributed by atoms with E-state index in [-0.39, 0.29) is 5.78 Å². The third kappa shape index (κ3) is 2.49. The first kappa shape index (κ1) is 16.5. The maximum Gasteiger partial charge on any atom is 0.161 e. The Morgan fingerprint density at radius 3 is 2.70 bits per heavy atom. The van der Waals surface area contributed by atoms with Crippen LogP contribution in [-0.2, 0) is 4.79 Å². The highest BCUT2D eigenvalue weighted by Gasteiger charge is 2.36. The van der Waals surface area contributed by atoms with Crippen LogP contribution < -0.4 is 5.32 Å². The van der Waals surface area contributed by atoms with Gasteiger partial charge < -0.3 is 5.32 Å². The SMILES string of the molecule is O=C1CCCC2=C1C(c1c(F)cccc1Cl)Nc1ccc3ccccc3c12. The summed E-state index contributed by atoms with van der Waals surface area (Å²) < 4.78 is 14.7. The summed E-state index contributed by atoms with van der Waals surface area (Å²) in [4.78, 5) is 12.9. The van der Waals surface area contributed by atoms with Gasteiger partial charge in [0.1, 0.15) is 5.82 Å². The molecular weight excluding hydrogens is 361 g/mol. The van der Waals surface area contributed by atoms with Gasteiger partial charge in [0.15, 0.2) is 5.78 Å². The summed E-state index contributed by atoms with van der Waals surface area (Å²) in [7, 11) is 0. The highest BCUT2D eigenvalue weighted by atomic mass is 35.5. The molecule has 0 radical (unpaired) electrons. The molecule has 0 saturated heterocycles. The molecule has 4 heteroatoms. The van der Waals surface area contributed by atoms with Crippen LogP contribution in [0.5, 0.6) is 0 Å². The maximum atomic E-state index is 14.7. The number of Topliss-reactive ketones (excluding diaryl/α,β-unsaturated/α-hetero) is 1. The first-order valence-electron chi connectivity index (χ1n) is 9.14. The molecule has 0 spiro atoms. The molecule has 2 nitrogen and oxygen atoms in total. The second kappa shape index (κ2) is 6.21. The molecule has 1 aliphatic carbocycles. The third-order valence-electron chi connectivity index (χ3n) is 5.56. The van der Waals surface area contributed by atoms with Crippen molar-refractivity contribution in [3.05, 3.63) is 82.1 Å². The van der Waals surface area contributed by atoms with E-state index in [0.717, 1.165) is 40.4 Å². The molecule has 1 N–H and O–H groups in total. The maximum absolute atomic E-state index is 14.7. The van der Waals surface area contributed by atoms with Crippen molar-refractivity contribution in [2.45, 2.75) is 25.3 Å². The van der Waals surface area contributed by atoms with Crippen molar-refractivity contribution in [2.24, 2.45) is 0 Å². The monoisotopic (exact) mass is 377 g/mol. The topological polar surface area (TPSA) is 29.1 Å². The molecule has 5 rings (SSSR count). The van der Waals surface area contributed by atoms with Crippen molar-refractivity contribution < 1.29 is 9.18 Å². The van der Waals surface area contributed by atoms with Crippen molar-refractivity contribution in [3.8, 4) is 0 Å². The van der Waals surface area contributed by atoms with Crippen molar-refractivity contribution in [3.63, 3.8) is 0 Å². The summed E-state index contributed by atoms with van der Waals surface area (Å²) in [6.07, 6.45) is 2.12. The molecule has 0 bridgehead atoms. The number of hydrogen-bond acceptors (Lipinski definition) is 2. The summed E-state index contributed by atoms with van der Waals surface area (Å²) in [5, 5.41) is 5.99. The Morgan fingerprint density at radius 2 is 1.85 bits per heavy atom. The van der Waals surface area contributed by atoms with Gasteiger partial charge in [-0.25, -0.2) is 4.39 Å². The number of hydrogen-bond donors (Lipinski definition) is 1. The van der Waals surface area contributed by atoms with E-state index in [2.05, 4.69) is 23.5 Å². The number of carbonyl (C=O) groups is 1. The molecule has 3 aromatic rings. The van der Waals surface area contributed by atoms with Crippen molar-refractivity contribution in [2.75, 3.05) is 5.32 Å². The van der Waals surface area contributed by atoms with Crippen LogP contribution in [0.1, 0.15) is 36.4 Å². The van der Waals surface area contributed by atoms with E-state index in [9.17, 15) is 9.18 Å². The van der Waals surface area contributed by atoms with Gasteiger partial charge in [0, 0.05) is 33.8 Å². The second-order valence-corrected chi connectivity index (χ2v) is 7.50. The Labute approximate surface area is 161 Å². The van der Waals surface area contributed by atoms with Gasteiger partial charge in [0.05, 0.1) is 6.04 Å². The fraction of sp³-hybridized carbons (Fsp3) is 0.174. The zero-order valence-corrected chi connectivity index (χ0v) is 15.3. The number of rotatable bonds is 1. The zero-order valence-electron chi connectivity index (χ0n) is 14.6. The summed E-state index contributed by atoms with van der Waals surface area (Å²) in [5.74, 6) is -0.318. The molecule has 1 atom stereocenters. The Kier molecular flexibility index (Phi) is 3.80. The number of anilines is 1. The van der Waals surface area contributed by atoms with E-state index in [1.807, 2.05) is 18.2 Å². The standard InChI is InChI=1S/C23H17ClFNO/c24-16-8-4-9-17(25)22(16)23-21-15(7-3-10-19(21)27)20-14-6-2-1-5-13(14)11-12-18(20)26-23/h1-2,4-6,8-9,11-12,23,26H,3,7,10H2. The lowest BCUT2D eigenvalue weighted by molar-refractivity contribution is -0.116. The lowest BCUT2D eigenvalue weighted by Crippen LogP contribution is -2.28. The summed E-state index contributed by atoms with van der Waals surface area (Å²) >= 11 is 6.35. The molecule has 0 saturated carbocycles. The van der Waals surface area contributed by atoms with Crippen molar-refractivity contribution in [1.29, 1.82) is 0 Å². The number of ketones is 1. The highest BCUT2D eigenvalue weighted by molar-refractivity contribution is 6.31. The van der Waals surface area contributed by atoms with Crippen LogP contribution in [0.25, 0.3) is 16.3 Å². The van der Waals surface area contributed by atoms with Gasteiger partial charge in [-0.3, -0.25) is 4.79 Å². The van der Waals surface area contributed by atoms with E-state index in [4.69, 9.17) is 11.6 Å². The normalized spacial score (nSPS) is 18.9. The smallest absolute Gasteiger partial charge is 0.161 e. The average molecular weight is 378 g/mol. The van der Waals surface area contributed by atoms with Crippen LogP contribution in [0.15, 0.2) is 60.2 Å². The van der Waals surface area contributed by atoms with Gasteiger partial charge in [-0.05, 0) is 47.4 Å². The van der Waals surface area contributed by atoms with Gasteiger partial charge in [-0.1, -0.05) is 48.0 Å². The molecule has 3 aromatic carbocycles. The fourth-order valence-electron chi connectivity index (χ4n) is 4.41. The van der Waals surface area contributed by atoms with Gasteiger partial charge in [0.25, 0.3) is 0 Å². The molecule has 1 heterocycles. The molecule has 134 valence electrons. The average Bonchev–Trinajstić information content (AvgIpc) is 2.67. The molecule has 1 aliphatic heterocycles. The first-order valence-corrected chi connectivity index (χ1v) is 9.52. The van der Waals surface area contributed by atoms with Crippen LogP contribution in [0.2, 0.25) is 5.02 Å². The number of carbonyl (C=O) groups excluding carboxylic acids is 1. The van der Waals surface area contributed by atoms with E-state index in [1.54, 1.807) is 12.1 Å². The van der Waals surface area contributed by atoms with Crippen molar-refractivity contribution >= 4 is 39.4 Å². The summed E-state index contributed by atoms with van der Waals surface area (Å²) in [6, 6.07) is 16.3. The number of benzene rings is 3. The summed E-state index contributed by atoms with van der Waals surface area (Å²) in [6.45, 7) is 0. The fourth-order valence-corrected chi connectivity index (χ4v) is 4.68. The van der Waals surface area contributed by atoms with Gasteiger partial charge in [-0.2, -0.15) is 0 Å². The van der Waals surface area contributed by atoms with Crippen LogP contribution in [0.3, 0.4) is 0 Å². The molecule has 0 fully saturated rings. The predicted molar refractivity (Wildman–Crippen MR) is 107 cm³/mol. The lowest BCUT2D eigenvalue weighted by Gasteiger charge is -2.35. The highest BCUT2D eigenvalue weighted by Crippen LogP contribution is 2.49. The van der Waals surface area contributed by atoms with E-state index >= 15 is 0 Å². The largest absolute Gasteiger partial charge is 0.373 e. The summed E-state index contributed by atoms with van der Waals surface area (Å²) in [5.41, 5.74) is 4.03. The molecule has 1 unspecified atom stereocenters. The molecule has 0 amide bonds. The number of fused-ring (bicyclic) bond motifs is 4. The van der Waals surface area contributed by atoms with Gasteiger partial charge >= 0.3 is 0 Å². The third-order valence-corrected chi connectivity index (χ3v) is 5.89. The Hall–Kier alpha value is -2.65. The quantitative estimate of drug-likeness (QED) is 0.538.